The van der Waals surface area contributed by atoms with Crippen molar-refractivity contribution in [3.05, 3.63) is 0 Å². The number of hydrogen-bond donors (Lipinski definition) is 3. The Morgan fingerprint density at radius 1 is 1.35 bits per heavy atom. The second-order valence-electron chi connectivity index (χ2n) is 4.02. The quantitative estimate of drug-likeness (QED) is 0.447. The average molecular weight is 245 g/mol. The summed E-state index contributed by atoms with van der Waals surface area (Å²) >= 11 is 0. The lowest BCUT2D eigenvalue weighted by Crippen LogP contribution is -2.41. The van der Waals surface area contributed by atoms with Gasteiger partial charge in [0.25, 0.3) is 0 Å². The molecule has 17 heavy (non-hydrogen) atoms. The zero-order chi connectivity index (χ0) is 13.1. The molecule has 0 aromatic carbocycles. The monoisotopic (exact) mass is 245 g/mol. The van der Waals surface area contributed by atoms with Gasteiger partial charge in [-0.15, -0.1) is 0 Å². The minimum absolute atomic E-state index is 0.0177. The highest BCUT2D eigenvalue weighted by molar-refractivity contribution is 5.78. The minimum Gasteiger partial charge on any atom is -0.383 e. The lowest BCUT2D eigenvalue weighted by Gasteiger charge is -2.12. The van der Waals surface area contributed by atoms with Gasteiger partial charge in [-0.2, -0.15) is 0 Å². The molecule has 0 aromatic rings. The average Bonchev–Trinajstić information content (AvgIpc) is 2.23. The van der Waals surface area contributed by atoms with Crippen LogP contribution in [0.2, 0.25) is 0 Å². The van der Waals surface area contributed by atoms with Crippen LogP contribution in [0.1, 0.15) is 26.2 Å². The number of methoxy groups -OCH3 is 1. The second kappa shape index (κ2) is 10.0. The molecular weight excluding hydrogens is 222 g/mol. The summed E-state index contributed by atoms with van der Waals surface area (Å²) in [6.07, 6.45) is 1.99. The highest BCUT2D eigenvalue weighted by atomic mass is 16.5. The first kappa shape index (κ1) is 15.9. The smallest absolute Gasteiger partial charge is 0.234 e. The molecule has 0 rings (SSSR count). The zero-order valence-corrected chi connectivity index (χ0v) is 10.6. The molecule has 1 unspecified atom stereocenters. The van der Waals surface area contributed by atoms with E-state index in [1.165, 1.54) is 0 Å². The molecule has 0 aliphatic rings. The molecule has 0 aliphatic carbocycles. The maximum absolute atomic E-state index is 11.4. The third-order valence-corrected chi connectivity index (χ3v) is 2.14. The summed E-state index contributed by atoms with van der Waals surface area (Å²) in [6, 6.07) is 0.0177. The lowest BCUT2D eigenvalue weighted by atomic mass is 10.2. The van der Waals surface area contributed by atoms with Crippen molar-refractivity contribution in [3.8, 4) is 0 Å². The van der Waals surface area contributed by atoms with Gasteiger partial charge in [0.2, 0.25) is 11.8 Å². The Labute approximate surface area is 102 Å². The highest BCUT2D eigenvalue weighted by Gasteiger charge is 2.05. The molecule has 0 aliphatic heterocycles. The number of nitrogens with one attached hydrogen (secondary N) is 2. The largest absolute Gasteiger partial charge is 0.383 e. The molecule has 6 nitrogen and oxygen atoms in total. The standard InChI is InChI=1S/C11H23N3O3/c1-9(8-17-2)14-11(16)7-13-6-4-3-5-10(12)15/h9,13H,3-8H2,1-2H3,(H2,12,15)(H,14,16). The molecule has 0 aromatic heterocycles. The Bertz CT molecular complexity index is 234. The van der Waals surface area contributed by atoms with Crippen LogP contribution in [0, 0.1) is 0 Å². The molecule has 0 radical (unpaired) electrons. The van der Waals surface area contributed by atoms with Gasteiger partial charge in [0.1, 0.15) is 0 Å². The van der Waals surface area contributed by atoms with Crippen LogP contribution in [0.15, 0.2) is 0 Å². The number of unbranched alkanes of at least 4 members (excludes halogenated alkanes) is 1. The third-order valence-electron chi connectivity index (χ3n) is 2.14. The van der Waals surface area contributed by atoms with Gasteiger partial charge >= 0.3 is 0 Å². The van der Waals surface area contributed by atoms with E-state index in [0.717, 1.165) is 12.8 Å². The van der Waals surface area contributed by atoms with Crippen LogP contribution >= 0.6 is 0 Å². The van der Waals surface area contributed by atoms with E-state index >= 15 is 0 Å². The third kappa shape index (κ3) is 11.1. The highest BCUT2D eigenvalue weighted by Crippen LogP contribution is 1.91. The Morgan fingerprint density at radius 3 is 2.65 bits per heavy atom. The first-order valence-electron chi connectivity index (χ1n) is 5.83. The van der Waals surface area contributed by atoms with Gasteiger partial charge < -0.3 is 21.1 Å². The van der Waals surface area contributed by atoms with E-state index < -0.39 is 0 Å². The van der Waals surface area contributed by atoms with Gasteiger partial charge in [-0.05, 0) is 26.3 Å². The molecule has 0 saturated carbocycles. The maximum Gasteiger partial charge on any atom is 0.234 e. The Kier molecular flexibility index (Phi) is 9.37. The van der Waals surface area contributed by atoms with Gasteiger partial charge in [0.05, 0.1) is 13.2 Å². The van der Waals surface area contributed by atoms with Gasteiger partial charge in [-0.1, -0.05) is 0 Å². The fourth-order valence-corrected chi connectivity index (χ4v) is 1.37. The van der Waals surface area contributed by atoms with Gasteiger partial charge in [0, 0.05) is 19.6 Å². The van der Waals surface area contributed by atoms with Crippen molar-refractivity contribution in [2.45, 2.75) is 32.2 Å². The van der Waals surface area contributed by atoms with Crippen molar-refractivity contribution >= 4 is 11.8 Å². The zero-order valence-electron chi connectivity index (χ0n) is 10.6. The molecular formula is C11H23N3O3. The molecule has 4 N–H and O–H groups in total. The summed E-state index contributed by atoms with van der Waals surface area (Å²) in [4.78, 5) is 21.8. The van der Waals surface area contributed by atoms with Gasteiger partial charge in [-0.25, -0.2) is 0 Å². The Balaban J connectivity index is 3.36. The van der Waals surface area contributed by atoms with Crippen molar-refractivity contribution in [3.63, 3.8) is 0 Å². The van der Waals surface area contributed by atoms with Crippen LogP contribution < -0.4 is 16.4 Å². The van der Waals surface area contributed by atoms with Crippen LogP contribution in [0.4, 0.5) is 0 Å². The van der Waals surface area contributed by atoms with E-state index in [1.54, 1.807) is 7.11 Å². The molecule has 0 bridgehead atoms. The van der Waals surface area contributed by atoms with E-state index in [-0.39, 0.29) is 24.4 Å². The van der Waals surface area contributed by atoms with Crippen LogP contribution in [-0.4, -0.2) is 44.7 Å². The van der Waals surface area contributed by atoms with E-state index in [2.05, 4.69) is 10.6 Å². The van der Waals surface area contributed by atoms with Crippen LogP contribution in [0.3, 0.4) is 0 Å². The van der Waals surface area contributed by atoms with E-state index in [0.29, 0.717) is 19.6 Å². The summed E-state index contributed by atoms with van der Waals surface area (Å²) in [5.41, 5.74) is 5.00. The number of rotatable bonds is 10. The summed E-state index contributed by atoms with van der Waals surface area (Å²) in [7, 11) is 1.60. The van der Waals surface area contributed by atoms with Crippen molar-refractivity contribution in [2.24, 2.45) is 5.73 Å². The van der Waals surface area contributed by atoms with Crippen molar-refractivity contribution in [1.82, 2.24) is 10.6 Å². The van der Waals surface area contributed by atoms with Crippen molar-refractivity contribution < 1.29 is 14.3 Å². The SMILES string of the molecule is COCC(C)NC(=O)CNCCCCC(N)=O. The first-order chi connectivity index (χ1) is 8.06. The number of carbonyl (C=O) groups excluding carboxylic acids is 2. The van der Waals surface area contributed by atoms with Gasteiger partial charge in [0.15, 0.2) is 0 Å². The molecule has 0 saturated heterocycles. The van der Waals surface area contributed by atoms with Crippen molar-refractivity contribution in [1.29, 1.82) is 0 Å². The van der Waals surface area contributed by atoms with E-state index in [9.17, 15) is 9.59 Å². The van der Waals surface area contributed by atoms with E-state index in [4.69, 9.17) is 10.5 Å². The number of nitrogens with two attached hydrogens (primary N) is 1. The van der Waals surface area contributed by atoms with Crippen LogP contribution in [-0.2, 0) is 14.3 Å². The summed E-state index contributed by atoms with van der Waals surface area (Å²) in [5.74, 6) is -0.333. The molecule has 1 atom stereocenters. The van der Waals surface area contributed by atoms with Gasteiger partial charge in [-0.3, -0.25) is 9.59 Å². The summed E-state index contributed by atoms with van der Waals surface area (Å²) in [6.45, 7) is 3.38. The molecule has 6 heteroatoms. The fraction of sp³-hybridized carbons (Fsp3) is 0.818. The summed E-state index contributed by atoms with van der Waals surface area (Å²) < 4.78 is 4.91. The molecule has 0 spiro atoms. The second-order valence-corrected chi connectivity index (χ2v) is 4.02. The topological polar surface area (TPSA) is 93.4 Å². The van der Waals surface area contributed by atoms with Crippen LogP contribution in [0.25, 0.3) is 0 Å². The lowest BCUT2D eigenvalue weighted by molar-refractivity contribution is -0.121. The number of carbonyl (C=O) groups is 2. The molecule has 0 heterocycles. The Morgan fingerprint density at radius 2 is 2.06 bits per heavy atom. The number of primary amides is 1. The predicted octanol–water partition coefficient (Wildman–Crippen LogP) is -0.617. The van der Waals surface area contributed by atoms with E-state index in [1.807, 2.05) is 6.92 Å². The normalized spacial score (nSPS) is 12.1. The maximum atomic E-state index is 11.4. The molecule has 0 fully saturated rings. The fourth-order valence-electron chi connectivity index (χ4n) is 1.37. The van der Waals surface area contributed by atoms with Crippen LogP contribution in [0.5, 0.6) is 0 Å². The summed E-state index contributed by atoms with van der Waals surface area (Å²) in [5, 5.41) is 5.79. The Hall–Kier alpha value is -1.14. The van der Waals surface area contributed by atoms with Crippen molar-refractivity contribution in [2.75, 3.05) is 26.8 Å². The minimum atomic E-state index is -0.281. The number of hydrogen-bond acceptors (Lipinski definition) is 4. The number of ether oxygens (including phenoxy) is 1. The predicted molar refractivity (Wildman–Crippen MR) is 65.4 cm³/mol. The molecule has 2 amide bonds. The first-order valence-corrected chi connectivity index (χ1v) is 5.83. The molecule has 100 valence electrons. The number of amides is 2.